The van der Waals surface area contributed by atoms with E-state index in [4.69, 9.17) is 0 Å². The van der Waals surface area contributed by atoms with Crippen molar-refractivity contribution in [2.75, 3.05) is 0 Å². The lowest BCUT2D eigenvalue weighted by Gasteiger charge is -2.10. The fraction of sp³-hybridized carbons (Fsp3) is 0.273. The second-order valence-electron chi connectivity index (χ2n) is 3.96. The van der Waals surface area contributed by atoms with Gasteiger partial charge in [0.15, 0.2) is 0 Å². The number of rotatable bonds is 3. The number of carbonyl (C=O) groups is 1. The number of nitrogens with one attached hydrogen (secondary N) is 3. The minimum Gasteiger partial charge on any atom is -0.344 e. The Labute approximate surface area is 103 Å². The lowest BCUT2D eigenvalue weighted by atomic mass is 10.3. The van der Waals surface area contributed by atoms with Crippen LogP contribution >= 0.6 is 0 Å². The maximum atomic E-state index is 11.8. The number of amides is 1. The maximum Gasteiger partial charge on any atom is 0.269 e. The van der Waals surface area contributed by atoms with Gasteiger partial charge < -0.3 is 15.3 Å². The zero-order valence-corrected chi connectivity index (χ0v) is 10.0. The van der Waals surface area contributed by atoms with Crippen LogP contribution in [0.4, 0.5) is 0 Å². The van der Waals surface area contributed by atoms with Crippen LogP contribution in [-0.4, -0.2) is 25.8 Å². The van der Waals surface area contributed by atoms with Gasteiger partial charge in [-0.2, -0.15) is 0 Å². The van der Waals surface area contributed by atoms with Crippen molar-refractivity contribution in [3.8, 4) is 0 Å². The molecule has 2 aromatic rings. The van der Waals surface area contributed by atoms with Gasteiger partial charge in [0, 0.05) is 11.9 Å². The van der Waals surface area contributed by atoms with Gasteiger partial charge in [-0.1, -0.05) is 0 Å². The molecule has 0 fully saturated rings. The molecule has 3 N–H and O–H groups in total. The smallest absolute Gasteiger partial charge is 0.269 e. The molecular formula is C11H13N5O2. The first kappa shape index (κ1) is 12.0. The number of nitrogens with zero attached hydrogens (tertiary/aromatic N) is 2. The van der Waals surface area contributed by atoms with E-state index in [2.05, 4.69) is 25.3 Å². The molecule has 1 amide bonds. The number of hydrogen-bond donors (Lipinski definition) is 3. The second kappa shape index (κ2) is 4.82. The molecule has 7 heteroatoms. The minimum absolute atomic E-state index is 0.123. The van der Waals surface area contributed by atoms with Crippen molar-refractivity contribution in [2.24, 2.45) is 0 Å². The van der Waals surface area contributed by atoms with Gasteiger partial charge in [0.25, 0.3) is 11.5 Å². The number of carbonyl (C=O) groups excluding carboxylic acids is 1. The third-order valence-electron chi connectivity index (χ3n) is 2.38. The van der Waals surface area contributed by atoms with E-state index in [1.165, 1.54) is 6.20 Å². The predicted octanol–water partition coefficient (Wildman–Crippen LogP) is 0.292. The Morgan fingerprint density at radius 1 is 1.33 bits per heavy atom. The Hall–Kier alpha value is -2.44. The van der Waals surface area contributed by atoms with E-state index < -0.39 is 11.5 Å². The first-order valence-corrected chi connectivity index (χ1v) is 5.43. The summed E-state index contributed by atoms with van der Waals surface area (Å²) in [5, 5.41) is 2.71. The minimum atomic E-state index is -0.413. The van der Waals surface area contributed by atoms with E-state index in [0.717, 1.165) is 11.9 Å². The van der Waals surface area contributed by atoms with Gasteiger partial charge in [-0.3, -0.25) is 14.6 Å². The summed E-state index contributed by atoms with van der Waals surface area (Å²) in [5.74, 6) is 0.258. The maximum absolute atomic E-state index is 11.8. The number of H-pyrrole nitrogens is 2. The van der Waals surface area contributed by atoms with Crippen molar-refractivity contribution in [3.63, 3.8) is 0 Å². The summed E-state index contributed by atoms with van der Waals surface area (Å²) in [4.78, 5) is 36.1. The molecule has 0 aliphatic heterocycles. The van der Waals surface area contributed by atoms with Crippen molar-refractivity contribution in [1.82, 2.24) is 25.3 Å². The average Bonchev–Trinajstić information content (AvgIpc) is 2.76. The van der Waals surface area contributed by atoms with Crippen LogP contribution in [0, 0.1) is 6.92 Å². The summed E-state index contributed by atoms with van der Waals surface area (Å²) in [6.07, 6.45) is 4.09. The Bertz CT molecular complexity index is 616. The normalized spacial score (nSPS) is 12.1. The largest absolute Gasteiger partial charge is 0.344 e. The zero-order chi connectivity index (χ0) is 13.1. The number of hydrogen-bond acceptors (Lipinski definition) is 4. The van der Waals surface area contributed by atoms with Gasteiger partial charge in [0.2, 0.25) is 0 Å². The predicted molar refractivity (Wildman–Crippen MR) is 64.1 cm³/mol. The van der Waals surface area contributed by atoms with Crippen LogP contribution in [0.15, 0.2) is 23.4 Å². The summed E-state index contributed by atoms with van der Waals surface area (Å²) in [6.45, 7) is 3.67. The molecule has 0 bridgehead atoms. The average molecular weight is 247 g/mol. The van der Waals surface area contributed by atoms with E-state index in [1.54, 1.807) is 13.1 Å². The Balaban J connectivity index is 2.10. The molecule has 1 atom stereocenters. The molecule has 0 unspecified atom stereocenters. The Kier molecular flexibility index (Phi) is 3.22. The molecule has 0 aromatic carbocycles. The molecular weight excluding hydrogens is 234 g/mol. The van der Waals surface area contributed by atoms with Gasteiger partial charge >= 0.3 is 0 Å². The third kappa shape index (κ3) is 2.62. The standard InChI is InChI=1S/C11H13N5O2/c1-6-3-13-10(14-6)7(2)15-11(18)8-4-12-5-9(17)16-8/h3-5,7H,1-2H3,(H,13,14)(H,15,18)(H,16,17)/t7-/m0/s1. The van der Waals surface area contributed by atoms with Crippen LogP contribution < -0.4 is 10.9 Å². The Morgan fingerprint density at radius 3 is 2.72 bits per heavy atom. The highest BCUT2D eigenvalue weighted by molar-refractivity contribution is 5.92. The molecule has 2 rings (SSSR count). The molecule has 0 radical (unpaired) electrons. The molecule has 18 heavy (non-hydrogen) atoms. The third-order valence-corrected chi connectivity index (χ3v) is 2.38. The van der Waals surface area contributed by atoms with Crippen molar-refractivity contribution in [3.05, 3.63) is 46.2 Å². The van der Waals surface area contributed by atoms with E-state index in [1.807, 2.05) is 6.92 Å². The molecule has 0 saturated carbocycles. The van der Waals surface area contributed by atoms with Crippen molar-refractivity contribution in [1.29, 1.82) is 0 Å². The topological polar surface area (TPSA) is 104 Å². The monoisotopic (exact) mass is 247 g/mol. The SMILES string of the molecule is Cc1cnc([C@H](C)NC(=O)c2cncc(=O)[nH]2)[nH]1. The van der Waals surface area contributed by atoms with Crippen molar-refractivity contribution in [2.45, 2.75) is 19.9 Å². The van der Waals surface area contributed by atoms with Gasteiger partial charge in [-0.05, 0) is 13.8 Å². The van der Waals surface area contributed by atoms with E-state index in [-0.39, 0.29) is 11.7 Å². The quantitative estimate of drug-likeness (QED) is 0.725. The summed E-state index contributed by atoms with van der Waals surface area (Å²) in [6, 6.07) is -0.282. The highest BCUT2D eigenvalue weighted by Gasteiger charge is 2.14. The van der Waals surface area contributed by atoms with Crippen molar-refractivity contribution >= 4 is 5.91 Å². The molecule has 2 heterocycles. The van der Waals surface area contributed by atoms with Gasteiger partial charge in [-0.15, -0.1) is 0 Å². The lowest BCUT2D eigenvalue weighted by Crippen LogP contribution is -2.29. The number of aromatic nitrogens is 4. The van der Waals surface area contributed by atoms with Gasteiger partial charge in [0.1, 0.15) is 11.5 Å². The summed E-state index contributed by atoms with van der Waals surface area (Å²) in [7, 11) is 0. The summed E-state index contributed by atoms with van der Waals surface area (Å²) >= 11 is 0. The molecule has 0 aliphatic carbocycles. The van der Waals surface area contributed by atoms with Crippen LogP contribution in [0.25, 0.3) is 0 Å². The number of aryl methyl sites for hydroxylation is 1. The summed E-state index contributed by atoms with van der Waals surface area (Å²) < 4.78 is 0. The fourth-order valence-corrected chi connectivity index (χ4v) is 1.49. The van der Waals surface area contributed by atoms with Crippen LogP contribution in [0.1, 0.15) is 35.0 Å². The van der Waals surface area contributed by atoms with Gasteiger partial charge in [-0.25, -0.2) is 4.98 Å². The van der Waals surface area contributed by atoms with Crippen molar-refractivity contribution < 1.29 is 4.79 Å². The molecule has 2 aromatic heterocycles. The molecule has 94 valence electrons. The molecule has 0 saturated heterocycles. The highest BCUT2D eigenvalue weighted by Crippen LogP contribution is 2.08. The van der Waals surface area contributed by atoms with Crippen LogP contribution in [0.2, 0.25) is 0 Å². The summed E-state index contributed by atoms with van der Waals surface area (Å²) in [5.41, 5.74) is 0.627. The number of imidazole rings is 1. The van der Waals surface area contributed by atoms with Crippen LogP contribution in [0.5, 0.6) is 0 Å². The lowest BCUT2D eigenvalue weighted by molar-refractivity contribution is 0.0932. The molecule has 0 spiro atoms. The van der Waals surface area contributed by atoms with Crippen LogP contribution in [0.3, 0.4) is 0 Å². The molecule has 7 nitrogen and oxygen atoms in total. The highest BCUT2D eigenvalue weighted by atomic mass is 16.2. The number of aromatic amines is 2. The fourth-order valence-electron chi connectivity index (χ4n) is 1.49. The first-order chi connectivity index (χ1) is 8.56. The zero-order valence-electron chi connectivity index (χ0n) is 10.0. The molecule has 0 aliphatic rings. The van der Waals surface area contributed by atoms with E-state index in [9.17, 15) is 9.59 Å². The van der Waals surface area contributed by atoms with E-state index >= 15 is 0 Å². The first-order valence-electron chi connectivity index (χ1n) is 5.43. The Morgan fingerprint density at radius 2 is 2.11 bits per heavy atom. The second-order valence-corrected chi connectivity index (χ2v) is 3.96. The van der Waals surface area contributed by atoms with E-state index in [0.29, 0.717) is 5.82 Å². The van der Waals surface area contributed by atoms with Crippen LogP contribution in [-0.2, 0) is 0 Å². The van der Waals surface area contributed by atoms with Gasteiger partial charge in [0.05, 0.1) is 18.4 Å².